The van der Waals surface area contributed by atoms with Crippen molar-refractivity contribution in [2.45, 2.75) is 0 Å². The van der Waals surface area contributed by atoms with Crippen LogP contribution in [0, 0.1) is 0 Å². The lowest BCUT2D eigenvalue weighted by Gasteiger charge is -1.90. The Morgan fingerprint density at radius 2 is 2.56 bits per heavy atom. The summed E-state index contributed by atoms with van der Waals surface area (Å²) in [5.74, 6) is 0.127. The van der Waals surface area contributed by atoms with Crippen molar-refractivity contribution in [3.8, 4) is 5.95 Å². The number of nitrogens with zero attached hydrogens (tertiary/aromatic N) is 1. The maximum atomic E-state index is 10.4. The lowest BCUT2D eigenvalue weighted by Crippen LogP contribution is -1.98. The molecule has 0 spiro atoms. The highest BCUT2D eigenvalue weighted by atomic mass is 16.6. The molecule has 0 fully saturated rings. The highest BCUT2D eigenvalue weighted by Gasteiger charge is 1.91. The molecule has 0 saturated carbocycles. The summed E-state index contributed by atoms with van der Waals surface area (Å²) in [6.45, 7) is 0. The van der Waals surface area contributed by atoms with Crippen molar-refractivity contribution in [1.29, 1.82) is 0 Å². The fraction of sp³-hybridized carbons (Fsp3) is 0.200. The van der Waals surface area contributed by atoms with Gasteiger partial charge in [-0.05, 0) is 0 Å². The second-order valence-electron chi connectivity index (χ2n) is 1.40. The van der Waals surface area contributed by atoms with Gasteiger partial charge < -0.3 is 9.26 Å². The van der Waals surface area contributed by atoms with Crippen LogP contribution in [0.15, 0.2) is 21.6 Å². The van der Waals surface area contributed by atoms with Crippen LogP contribution in [0.25, 0.3) is 0 Å². The summed E-state index contributed by atoms with van der Waals surface area (Å²) in [5, 5.41) is 3.24. The first kappa shape index (κ1) is 5.81. The third kappa shape index (κ3) is 1.28. The molecule has 0 aliphatic heterocycles. The van der Waals surface area contributed by atoms with Crippen molar-refractivity contribution in [3.05, 3.63) is 22.5 Å². The van der Waals surface area contributed by atoms with Crippen molar-refractivity contribution in [1.82, 2.24) is 5.16 Å². The second-order valence-corrected chi connectivity index (χ2v) is 1.40. The van der Waals surface area contributed by atoms with Crippen molar-refractivity contribution in [3.63, 3.8) is 0 Å². The van der Waals surface area contributed by atoms with Gasteiger partial charge in [0, 0.05) is 0 Å². The van der Waals surface area contributed by atoms with Crippen LogP contribution in [-0.2, 0) is 0 Å². The van der Waals surface area contributed by atoms with Gasteiger partial charge in [-0.25, -0.2) is 0 Å². The summed E-state index contributed by atoms with van der Waals surface area (Å²) in [6, 6.07) is 1.22. The molecule has 0 saturated heterocycles. The average molecular weight is 127 g/mol. The zero-order valence-electron chi connectivity index (χ0n) is 4.83. The summed E-state index contributed by atoms with van der Waals surface area (Å²) >= 11 is 0. The van der Waals surface area contributed by atoms with E-state index in [4.69, 9.17) is 0 Å². The fourth-order valence-corrected chi connectivity index (χ4v) is 0.406. The maximum absolute atomic E-state index is 10.4. The monoisotopic (exact) mass is 127 g/mol. The van der Waals surface area contributed by atoms with Crippen LogP contribution in [0.4, 0.5) is 0 Å². The van der Waals surface area contributed by atoms with Gasteiger partial charge in [-0.1, -0.05) is 5.16 Å². The van der Waals surface area contributed by atoms with Gasteiger partial charge in [-0.3, -0.25) is 4.79 Å². The quantitative estimate of drug-likeness (QED) is 0.534. The van der Waals surface area contributed by atoms with E-state index < -0.39 is 0 Å². The third-order valence-electron chi connectivity index (χ3n) is 0.784. The Morgan fingerprint density at radius 1 is 1.78 bits per heavy atom. The van der Waals surface area contributed by atoms with Gasteiger partial charge in [0.1, 0.15) is 6.20 Å². The zero-order chi connectivity index (χ0) is 6.69. The molecule has 4 heteroatoms. The number of methoxy groups -OCH3 is 1. The van der Waals surface area contributed by atoms with E-state index in [-0.39, 0.29) is 11.4 Å². The Morgan fingerprint density at radius 3 is 3.00 bits per heavy atom. The Balaban J connectivity index is 3.08. The summed E-state index contributed by atoms with van der Waals surface area (Å²) < 4.78 is 9.05. The van der Waals surface area contributed by atoms with E-state index >= 15 is 0 Å². The molecule has 4 nitrogen and oxygen atoms in total. The minimum atomic E-state index is -0.224. The maximum Gasteiger partial charge on any atom is 0.313 e. The Kier molecular flexibility index (Phi) is 1.48. The SMILES string of the molecule is COc1cc(=O)cno1. The summed E-state index contributed by atoms with van der Waals surface area (Å²) in [7, 11) is 1.40. The molecule has 0 aromatic carbocycles. The van der Waals surface area contributed by atoms with Crippen LogP contribution in [0.5, 0.6) is 5.95 Å². The average Bonchev–Trinajstić information content (AvgIpc) is 1.88. The normalized spacial score (nSPS) is 9.00. The van der Waals surface area contributed by atoms with Crippen LogP contribution in [0.1, 0.15) is 0 Å². The van der Waals surface area contributed by atoms with E-state index in [9.17, 15) is 4.79 Å². The van der Waals surface area contributed by atoms with Gasteiger partial charge in [-0.15, -0.1) is 0 Å². The van der Waals surface area contributed by atoms with Crippen LogP contribution >= 0.6 is 0 Å². The standard InChI is InChI=1S/C5H5NO3/c1-8-5-2-4(7)3-6-9-5/h2-3H,1H3. The largest absolute Gasteiger partial charge is 0.467 e. The molecular weight excluding hydrogens is 122 g/mol. The molecule has 0 aliphatic carbocycles. The molecule has 0 radical (unpaired) electrons. The van der Waals surface area contributed by atoms with E-state index in [2.05, 4.69) is 14.4 Å². The summed E-state index contributed by atoms with van der Waals surface area (Å²) in [6.07, 6.45) is 1.07. The molecular formula is C5H5NO3. The van der Waals surface area contributed by atoms with Crippen molar-refractivity contribution in [2.24, 2.45) is 0 Å². The van der Waals surface area contributed by atoms with Crippen molar-refractivity contribution >= 4 is 0 Å². The molecule has 0 aliphatic rings. The summed E-state index contributed by atoms with van der Waals surface area (Å²) in [4.78, 5) is 10.4. The first-order chi connectivity index (χ1) is 4.33. The molecule has 1 aromatic rings. The predicted molar refractivity (Wildman–Crippen MR) is 29.3 cm³/mol. The van der Waals surface area contributed by atoms with Gasteiger partial charge >= 0.3 is 5.95 Å². The van der Waals surface area contributed by atoms with Gasteiger partial charge in [-0.2, -0.15) is 0 Å². The van der Waals surface area contributed by atoms with Crippen molar-refractivity contribution in [2.75, 3.05) is 7.11 Å². The van der Waals surface area contributed by atoms with Crippen LogP contribution in [0.3, 0.4) is 0 Å². The molecule has 48 valence electrons. The molecule has 0 N–H and O–H groups in total. The Labute approximate surface area is 51.0 Å². The molecule has 1 rings (SSSR count). The van der Waals surface area contributed by atoms with Gasteiger partial charge in [0.15, 0.2) is 0 Å². The molecule has 1 aromatic heterocycles. The van der Waals surface area contributed by atoms with E-state index in [1.54, 1.807) is 0 Å². The lowest BCUT2D eigenvalue weighted by molar-refractivity contribution is 0.245. The first-order valence-electron chi connectivity index (χ1n) is 2.33. The van der Waals surface area contributed by atoms with Crippen LogP contribution in [0.2, 0.25) is 0 Å². The number of ether oxygens (including phenoxy) is 1. The molecule has 0 bridgehead atoms. The number of hydrogen-bond acceptors (Lipinski definition) is 4. The molecule has 1 heterocycles. The topological polar surface area (TPSA) is 52.3 Å². The van der Waals surface area contributed by atoms with Gasteiger partial charge in [0.05, 0.1) is 13.2 Å². The smallest absolute Gasteiger partial charge is 0.313 e. The number of aromatic nitrogens is 1. The van der Waals surface area contributed by atoms with Gasteiger partial charge in [0.2, 0.25) is 5.43 Å². The van der Waals surface area contributed by atoms with Crippen molar-refractivity contribution < 1.29 is 9.26 Å². The van der Waals surface area contributed by atoms with Crippen LogP contribution < -0.4 is 10.2 Å². The van der Waals surface area contributed by atoms with E-state index in [0.717, 1.165) is 6.20 Å². The lowest BCUT2D eigenvalue weighted by atomic mass is 10.6. The molecule has 0 amide bonds. The molecule has 0 atom stereocenters. The van der Waals surface area contributed by atoms with E-state index in [0.29, 0.717) is 0 Å². The molecule has 9 heavy (non-hydrogen) atoms. The molecule has 0 unspecified atom stereocenters. The Bertz CT molecular complexity index is 242. The number of hydrogen-bond donors (Lipinski definition) is 0. The second kappa shape index (κ2) is 2.30. The minimum Gasteiger partial charge on any atom is -0.467 e. The highest BCUT2D eigenvalue weighted by molar-refractivity contribution is 5.00. The van der Waals surface area contributed by atoms with E-state index in [1.165, 1.54) is 13.2 Å². The van der Waals surface area contributed by atoms with Crippen LogP contribution in [-0.4, -0.2) is 12.3 Å². The zero-order valence-corrected chi connectivity index (χ0v) is 4.83. The highest BCUT2D eigenvalue weighted by Crippen LogP contribution is 1.99. The van der Waals surface area contributed by atoms with E-state index in [1.807, 2.05) is 0 Å². The Hall–Kier alpha value is -1.32. The fourth-order valence-electron chi connectivity index (χ4n) is 0.406. The third-order valence-corrected chi connectivity index (χ3v) is 0.784. The number of rotatable bonds is 1. The minimum absolute atomic E-state index is 0.127. The first-order valence-corrected chi connectivity index (χ1v) is 2.33. The predicted octanol–water partition coefficient (Wildman–Crippen LogP) is 0.0434. The van der Waals surface area contributed by atoms with Gasteiger partial charge in [0.25, 0.3) is 0 Å². The summed E-state index contributed by atoms with van der Waals surface area (Å²) in [5.41, 5.74) is -0.224.